The summed E-state index contributed by atoms with van der Waals surface area (Å²) in [6.45, 7) is 0. The number of carboxylic acids is 1. The minimum atomic E-state index is -3.79. The molecule has 11 heteroatoms. The fourth-order valence-electron chi connectivity index (χ4n) is 2.18. The molecule has 0 amide bonds. The Balaban J connectivity index is 0.00000300. The number of anilines is 1. The van der Waals surface area contributed by atoms with Crippen molar-refractivity contribution in [3.63, 3.8) is 0 Å². The molecule has 0 unspecified atom stereocenters. The zero-order valence-corrected chi connectivity index (χ0v) is 15.0. The number of carboxylic acid groups (broad SMARTS) is 1. The molecule has 2 aromatic carbocycles. The summed E-state index contributed by atoms with van der Waals surface area (Å²) in [5.41, 5.74) is 0.295. The van der Waals surface area contributed by atoms with Gasteiger partial charge in [-0.05, 0) is 54.6 Å². The normalized spacial score (nSPS) is 11.0. The van der Waals surface area contributed by atoms with Crippen LogP contribution in [0.1, 0.15) is 10.4 Å². The van der Waals surface area contributed by atoms with Crippen LogP contribution in [-0.4, -0.2) is 59.1 Å². The van der Waals surface area contributed by atoms with Gasteiger partial charge in [-0.25, -0.2) is 18.2 Å². The fourth-order valence-corrected chi connectivity index (χ4v) is 3.19. The number of rotatable bonds is 6. The average molecular weight is 422 g/mol. The Hall–Kier alpha value is -2.79. The molecule has 1 aromatic heterocycles. The molecule has 0 saturated heterocycles. The molecule has 0 spiro atoms. The van der Waals surface area contributed by atoms with E-state index >= 15 is 0 Å². The Kier molecular flexibility index (Phi) is 7.46. The second-order valence-electron chi connectivity index (χ2n) is 5.52. The number of nitrogens with zero attached hydrogens (tertiary/aromatic N) is 3. The van der Waals surface area contributed by atoms with Crippen molar-refractivity contribution in [3.05, 3.63) is 72.4 Å². The number of aromatic carboxylic acids is 1. The van der Waals surface area contributed by atoms with Crippen LogP contribution in [0.3, 0.4) is 0 Å². The molecule has 0 aliphatic heterocycles. The maximum atomic E-state index is 12.3. The first-order valence-electron chi connectivity index (χ1n) is 7.87. The van der Waals surface area contributed by atoms with Gasteiger partial charge in [0.2, 0.25) is 0 Å². The monoisotopic (exact) mass is 422 g/mol. The first kappa shape index (κ1) is 22.5. The van der Waals surface area contributed by atoms with Crippen LogP contribution < -0.4 is 4.72 Å². The second-order valence-corrected chi connectivity index (χ2v) is 7.20. The number of pyridine rings is 1. The zero-order chi connectivity index (χ0) is 20.1. The zero-order valence-electron chi connectivity index (χ0n) is 14.2. The summed E-state index contributed by atoms with van der Waals surface area (Å²) in [5, 5.41) is 26.3. The number of hydrogen-bond acceptors (Lipinski definition) is 7. The summed E-state index contributed by atoms with van der Waals surface area (Å²) in [4.78, 5) is 14.9. The van der Waals surface area contributed by atoms with Crippen LogP contribution in [0.2, 0.25) is 0 Å². The quantitative estimate of drug-likeness (QED) is 0.412. The molecule has 1 heterocycles. The van der Waals surface area contributed by atoms with Crippen LogP contribution in [0.15, 0.2) is 82.0 Å². The van der Waals surface area contributed by atoms with Crippen molar-refractivity contribution in [1.29, 1.82) is 0 Å². The van der Waals surface area contributed by atoms with Crippen molar-refractivity contribution in [2.45, 2.75) is 4.90 Å². The summed E-state index contributed by atoms with van der Waals surface area (Å²) in [7, 11) is -3.79. The number of aromatic nitrogens is 1. The van der Waals surface area contributed by atoms with Crippen LogP contribution in [-0.2, 0) is 10.0 Å². The molecule has 3 N–H and O–H groups in total. The molecule has 0 aliphatic rings. The number of benzene rings is 2. The SMILES string of the molecule is O=C(O)c1cc(N=Nc2ccc(S(=O)(=O)Nc3ccccn3)cc2)ccc1O.[NaH]. The molecule has 3 aromatic rings. The van der Waals surface area contributed by atoms with Gasteiger partial charge in [0.05, 0.1) is 16.3 Å². The van der Waals surface area contributed by atoms with Crippen LogP contribution in [0.4, 0.5) is 17.2 Å². The minimum absolute atomic E-state index is 0. The van der Waals surface area contributed by atoms with Gasteiger partial charge >= 0.3 is 35.5 Å². The van der Waals surface area contributed by atoms with Gasteiger partial charge in [0.25, 0.3) is 10.0 Å². The van der Waals surface area contributed by atoms with Crippen molar-refractivity contribution in [3.8, 4) is 5.75 Å². The Morgan fingerprint density at radius 1 is 0.966 bits per heavy atom. The van der Waals surface area contributed by atoms with Gasteiger partial charge in [0.1, 0.15) is 17.1 Å². The van der Waals surface area contributed by atoms with E-state index in [1.165, 1.54) is 54.7 Å². The van der Waals surface area contributed by atoms with Crippen molar-refractivity contribution >= 4 is 62.7 Å². The predicted octanol–water partition coefficient (Wildman–Crippen LogP) is 3.05. The van der Waals surface area contributed by atoms with Crippen LogP contribution >= 0.6 is 0 Å². The summed E-state index contributed by atoms with van der Waals surface area (Å²) in [6, 6.07) is 14.3. The molecule has 3 rings (SSSR count). The maximum absolute atomic E-state index is 12.3. The van der Waals surface area contributed by atoms with E-state index in [4.69, 9.17) is 5.11 Å². The van der Waals surface area contributed by atoms with E-state index in [0.29, 0.717) is 5.69 Å². The number of carbonyl (C=O) groups is 1. The van der Waals surface area contributed by atoms with Gasteiger partial charge in [-0.1, -0.05) is 6.07 Å². The summed E-state index contributed by atoms with van der Waals surface area (Å²) >= 11 is 0. The number of sulfonamides is 1. The first-order valence-corrected chi connectivity index (χ1v) is 9.35. The van der Waals surface area contributed by atoms with Gasteiger partial charge in [-0.15, -0.1) is 0 Å². The Morgan fingerprint density at radius 3 is 2.24 bits per heavy atom. The van der Waals surface area contributed by atoms with Crippen molar-refractivity contribution in [1.82, 2.24) is 4.98 Å². The Morgan fingerprint density at radius 2 is 1.62 bits per heavy atom. The second kappa shape index (κ2) is 9.61. The Bertz CT molecular complexity index is 1140. The van der Waals surface area contributed by atoms with E-state index in [-0.39, 0.29) is 57.3 Å². The molecule has 0 fully saturated rings. The molecule has 0 saturated carbocycles. The summed E-state index contributed by atoms with van der Waals surface area (Å²) in [5.74, 6) is -1.46. The molecule has 29 heavy (non-hydrogen) atoms. The standard InChI is InChI=1S/C18H14N4O5S.Na.H/c23-16-9-6-13(11-15(16)18(24)25)21-20-12-4-7-14(8-5-12)28(26,27)22-17-3-1-2-10-19-17;;/h1-11,23H,(H,19,22)(H,24,25);;. The first-order chi connectivity index (χ1) is 13.3. The van der Waals surface area contributed by atoms with E-state index in [0.717, 1.165) is 0 Å². The van der Waals surface area contributed by atoms with Crippen LogP contribution in [0.5, 0.6) is 5.75 Å². The topological polar surface area (TPSA) is 141 Å². The van der Waals surface area contributed by atoms with Gasteiger partial charge in [0, 0.05) is 6.20 Å². The van der Waals surface area contributed by atoms with E-state index < -0.39 is 16.0 Å². The predicted molar refractivity (Wildman–Crippen MR) is 108 cm³/mol. The molecule has 0 bridgehead atoms. The summed E-state index contributed by atoms with van der Waals surface area (Å²) in [6.07, 6.45) is 1.47. The van der Waals surface area contributed by atoms with Crippen molar-refractivity contribution in [2.24, 2.45) is 10.2 Å². The molecular weight excluding hydrogens is 407 g/mol. The molecular formula is C18H15N4NaO5S. The Labute approximate surface area is 188 Å². The van der Waals surface area contributed by atoms with E-state index in [9.17, 15) is 18.3 Å². The molecule has 144 valence electrons. The average Bonchev–Trinajstić information content (AvgIpc) is 2.68. The van der Waals surface area contributed by atoms with Crippen molar-refractivity contribution < 1.29 is 23.4 Å². The van der Waals surface area contributed by atoms with Gasteiger partial charge in [0.15, 0.2) is 0 Å². The van der Waals surface area contributed by atoms with Crippen molar-refractivity contribution in [2.75, 3.05) is 4.72 Å². The van der Waals surface area contributed by atoms with Gasteiger partial charge in [-0.3, -0.25) is 4.72 Å². The van der Waals surface area contributed by atoms with Gasteiger partial charge in [-0.2, -0.15) is 10.2 Å². The van der Waals surface area contributed by atoms with E-state index in [2.05, 4.69) is 19.9 Å². The number of phenols is 1. The van der Waals surface area contributed by atoms with Crippen LogP contribution in [0, 0.1) is 0 Å². The number of aromatic hydroxyl groups is 1. The van der Waals surface area contributed by atoms with Gasteiger partial charge < -0.3 is 10.2 Å². The van der Waals surface area contributed by atoms with E-state index in [1.807, 2.05) is 0 Å². The van der Waals surface area contributed by atoms with E-state index in [1.54, 1.807) is 12.1 Å². The third kappa shape index (κ3) is 5.84. The number of hydrogen-bond donors (Lipinski definition) is 3. The molecule has 0 aliphatic carbocycles. The molecule has 0 radical (unpaired) electrons. The van der Waals surface area contributed by atoms with Crippen LogP contribution in [0.25, 0.3) is 0 Å². The molecule has 0 atom stereocenters. The summed E-state index contributed by atoms with van der Waals surface area (Å²) < 4.78 is 27.0. The molecule has 9 nitrogen and oxygen atoms in total. The number of nitrogens with one attached hydrogen (secondary N) is 1. The third-order valence-electron chi connectivity index (χ3n) is 3.54. The number of azo groups is 1. The third-order valence-corrected chi connectivity index (χ3v) is 4.91. The fraction of sp³-hybridized carbons (Fsp3) is 0.